The Balaban J connectivity index is 1.84. The summed E-state index contributed by atoms with van der Waals surface area (Å²) in [5, 5.41) is 8.68. The molecule has 2 rings (SSSR count). The van der Waals surface area contributed by atoms with E-state index in [0.717, 1.165) is 42.7 Å². The molecule has 0 aromatic heterocycles. The van der Waals surface area contributed by atoms with Gasteiger partial charge < -0.3 is 24.2 Å². The maximum Gasteiger partial charge on any atom is 0.306 e. The van der Waals surface area contributed by atoms with Crippen LogP contribution >= 0.6 is 0 Å². The highest BCUT2D eigenvalue weighted by Gasteiger charge is 2.17. The maximum atomic E-state index is 12.4. The van der Waals surface area contributed by atoms with Gasteiger partial charge >= 0.3 is 11.9 Å². The van der Waals surface area contributed by atoms with Gasteiger partial charge in [-0.1, -0.05) is 43.2 Å². The van der Waals surface area contributed by atoms with Crippen LogP contribution in [-0.4, -0.2) is 62.4 Å². The highest BCUT2D eigenvalue weighted by atomic mass is 16.6. The number of aliphatic carboxylic acids is 1. The monoisotopic (exact) mass is 485 g/mol. The quantitative estimate of drug-likeness (QED) is 0.255. The zero-order valence-electron chi connectivity index (χ0n) is 21.2. The van der Waals surface area contributed by atoms with Crippen molar-refractivity contribution < 1.29 is 28.9 Å². The van der Waals surface area contributed by atoms with Crippen molar-refractivity contribution in [2.75, 3.05) is 34.4 Å². The van der Waals surface area contributed by atoms with Gasteiger partial charge in [0.05, 0.1) is 7.11 Å². The van der Waals surface area contributed by atoms with Crippen LogP contribution in [0, 0.1) is 0 Å². The van der Waals surface area contributed by atoms with E-state index in [4.69, 9.17) is 19.3 Å². The molecule has 0 radical (unpaired) electrons. The number of carbonyl (C=O) groups excluding carboxylic acids is 1. The number of carboxylic acids is 1. The zero-order chi connectivity index (χ0) is 25.5. The first-order valence-corrected chi connectivity index (χ1v) is 12.3. The standard InChI is InChI=1S/C28H39NO6/c1-29(2)20-25(35-28(32)13-7-5-4-6-12-27(30)31)21-34-26-11-9-8-10-23(26)17-14-22-15-18-24(33-3)19-16-22/h8-11,15-16,18-19,25H,4-7,12-14,17,20-21H2,1-3H3,(H,30,31)/t25-/m0/s1. The van der Waals surface area contributed by atoms with Crippen molar-refractivity contribution in [3.8, 4) is 11.5 Å². The number of unbranched alkanes of at least 4 members (excludes halogenated alkanes) is 3. The molecule has 0 fully saturated rings. The van der Waals surface area contributed by atoms with Crippen LogP contribution in [0.15, 0.2) is 48.5 Å². The molecule has 35 heavy (non-hydrogen) atoms. The summed E-state index contributed by atoms with van der Waals surface area (Å²) >= 11 is 0. The number of para-hydroxylation sites is 1. The number of nitrogens with zero attached hydrogens (tertiary/aromatic N) is 1. The number of ether oxygens (including phenoxy) is 3. The van der Waals surface area contributed by atoms with Crippen molar-refractivity contribution in [2.45, 2.75) is 57.5 Å². The van der Waals surface area contributed by atoms with Crippen LogP contribution in [0.25, 0.3) is 0 Å². The van der Waals surface area contributed by atoms with Crippen molar-refractivity contribution in [3.05, 3.63) is 59.7 Å². The predicted molar refractivity (Wildman–Crippen MR) is 136 cm³/mol. The molecule has 0 spiro atoms. The Kier molecular flexibility index (Phi) is 12.7. The summed E-state index contributed by atoms with van der Waals surface area (Å²) in [6.45, 7) is 0.848. The lowest BCUT2D eigenvalue weighted by Gasteiger charge is -2.22. The molecule has 0 unspecified atom stereocenters. The summed E-state index contributed by atoms with van der Waals surface area (Å²) in [7, 11) is 5.53. The van der Waals surface area contributed by atoms with Crippen LogP contribution in [0.2, 0.25) is 0 Å². The van der Waals surface area contributed by atoms with E-state index in [1.54, 1.807) is 7.11 Å². The van der Waals surface area contributed by atoms with Crippen molar-refractivity contribution in [1.82, 2.24) is 4.90 Å². The van der Waals surface area contributed by atoms with E-state index < -0.39 is 5.97 Å². The van der Waals surface area contributed by atoms with E-state index >= 15 is 0 Å². The second-order valence-corrected chi connectivity index (χ2v) is 8.95. The van der Waals surface area contributed by atoms with Gasteiger partial charge in [0.1, 0.15) is 24.2 Å². The van der Waals surface area contributed by atoms with Crippen LogP contribution in [0.1, 0.15) is 49.7 Å². The number of methoxy groups -OCH3 is 1. The molecular weight excluding hydrogens is 446 g/mol. The molecule has 192 valence electrons. The van der Waals surface area contributed by atoms with Crippen molar-refractivity contribution >= 4 is 11.9 Å². The summed E-state index contributed by atoms with van der Waals surface area (Å²) in [5.41, 5.74) is 2.34. The fraction of sp³-hybridized carbons (Fsp3) is 0.500. The number of rotatable bonds is 17. The van der Waals surface area contributed by atoms with Crippen LogP contribution in [0.3, 0.4) is 0 Å². The minimum absolute atomic E-state index is 0.175. The van der Waals surface area contributed by atoms with E-state index in [9.17, 15) is 9.59 Å². The Morgan fingerprint density at radius 3 is 2.26 bits per heavy atom. The first-order chi connectivity index (χ1) is 16.9. The molecule has 0 saturated carbocycles. The van der Waals surface area contributed by atoms with Crippen LogP contribution in [-0.2, 0) is 27.2 Å². The molecule has 1 N–H and O–H groups in total. The zero-order valence-corrected chi connectivity index (χ0v) is 21.2. The number of carbonyl (C=O) groups is 2. The molecule has 0 saturated heterocycles. The number of esters is 1. The average molecular weight is 486 g/mol. The minimum atomic E-state index is -0.779. The Morgan fingerprint density at radius 1 is 0.914 bits per heavy atom. The predicted octanol–water partition coefficient (Wildman–Crippen LogP) is 4.76. The molecule has 7 nitrogen and oxygen atoms in total. The number of likely N-dealkylation sites (N-methyl/N-ethyl adjacent to an activating group) is 1. The van der Waals surface area contributed by atoms with Crippen molar-refractivity contribution in [2.24, 2.45) is 0 Å². The number of aryl methyl sites for hydroxylation is 2. The Hall–Kier alpha value is -3.06. The number of carboxylic acid groups (broad SMARTS) is 1. The first kappa shape index (κ1) is 28.2. The molecular formula is C28H39NO6. The summed E-state index contributed by atoms with van der Waals surface area (Å²) in [6.07, 6.45) is 4.80. The van der Waals surface area contributed by atoms with Crippen LogP contribution < -0.4 is 9.47 Å². The van der Waals surface area contributed by atoms with E-state index in [0.29, 0.717) is 25.8 Å². The highest BCUT2D eigenvalue weighted by molar-refractivity contribution is 5.69. The molecule has 0 aliphatic heterocycles. The highest BCUT2D eigenvalue weighted by Crippen LogP contribution is 2.21. The molecule has 0 aliphatic carbocycles. The van der Waals surface area contributed by atoms with Crippen molar-refractivity contribution in [3.63, 3.8) is 0 Å². The van der Waals surface area contributed by atoms with Gasteiger partial charge in [-0.2, -0.15) is 0 Å². The molecule has 2 aromatic carbocycles. The lowest BCUT2D eigenvalue weighted by Crippen LogP contribution is -2.35. The summed E-state index contributed by atoms with van der Waals surface area (Å²) in [5.74, 6) is 0.626. The van der Waals surface area contributed by atoms with Gasteiger partial charge in [-0.25, -0.2) is 0 Å². The largest absolute Gasteiger partial charge is 0.497 e. The topological polar surface area (TPSA) is 85.3 Å². The number of hydrogen-bond acceptors (Lipinski definition) is 6. The summed E-state index contributed by atoms with van der Waals surface area (Å²) in [6, 6.07) is 16.0. The van der Waals surface area contributed by atoms with Gasteiger partial charge in [-0.15, -0.1) is 0 Å². The Labute approximate surface area is 209 Å². The second kappa shape index (κ2) is 15.8. The van der Waals surface area contributed by atoms with E-state index in [2.05, 4.69) is 18.2 Å². The van der Waals surface area contributed by atoms with E-state index in [1.165, 1.54) is 5.56 Å². The third-order valence-corrected chi connectivity index (χ3v) is 5.63. The normalized spacial score (nSPS) is 11.8. The van der Waals surface area contributed by atoms with Gasteiger partial charge in [-0.3, -0.25) is 9.59 Å². The Morgan fingerprint density at radius 2 is 1.60 bits per heavy atom. The first-order valence-electron chi connectivity index (χ1n) is 12.3. The molecule has 2 aromatic rings. The van der Waals surface area contributed by atoms with E-state index in [-0.39, 0.29) is 25.1 Å². The fourth-order valence-corrected chi connectivity index (χ4v) is 3.78. The molecule has 1 atom stereocenters. The van der Waals surface area contributed by atoms with Crippen LogP contribution in [0.5, 0.6) is 11.5 Å². The Bertz CT molecular complexity index is 897. The smallest absolute Gasteiger partial charge is 0.306 e. The second-order valence-electron chi connectivity index (χ2n) is 8.95. The lowest BCUT2D eigenvalue weighted by molar-refractivity contribution is -0.151. The minimum Gasteiger partial charge on any atom is -0.497 e. The summed E-state index contributed by atoms with van der Waals surface area (Å²) in [4.78, 5) is 24.9. The third-order valence-electron chi connectivity index (χ3n) is 5.63. The van der Waals surface area contributed by atoms with Gasteiger partial charge in [0.15, 0.2) is 0 Å². The molecule has 0 heterocycles. The third kappa shape index (κ3) is 11.8. The number of benzene rings is 2. The number of hydrogen-bond donors (Lipinski definition) is 1. The van der Waals surface area contributed by atoms with Gasteiger partial charge in [0, 0.05) is 19.4 Å². The SMILES string of the molecule is COc1ccc(CCc2ccccc2OC[C@H](CN(C)C)OC(=O)CCCCCCC(=O)O)cc1. The van der Waals surface area contributed by atoms with Crippen molar-refractivity contribution in [1.29, 1.82) is 0 Å². The average Bonchev–Trinajstić information content (AvgIpc) is 2.83. The maximum absolute atomic E-state index is 12.4. The summed E-state index contributed by atoms with van der Waals surface area (Å²) < 4.78 is 17.1. The fourth-order valence-electron chi connectivity index (χ4n) is 3.78. The lowest BCUT2D eigenvalue weighted by atomic mass is 10.0. The van der Waals surface area contributed by atoms with Gasteiger partial charge in [-0.05, 0) is 69.1 Å². The van der Waals surface area contributed by atoms with Crippen LogP contribution in [0.4, 0.5) is 0 Å². The van der Waals surface area contributed by atoms with Gasteiger partial charge in [0.25, 0.3) is 0 Å². The molecule has 0 aliphatic rings. The molecule has 0 bridgehead atoms. The van der Waals surface area contributed by atoms with E-state index in [1.807, 2.05) is 49.3 Å². The van der Waals surface area contributed by atoms with Gasteiger partial charge in [0.2, 0.25) is 0 Å². The molecule has 0 amide bonds. The molecule has 7 heteroatoms.